The minimum atomic E-state index is -0.570. The van der Waals surface area contributed by atoms with E-state index in [1.165, 1.54) is 0 Å². The van der Waals surface area contributed by atoms with Crippen LogP contribution in [-0.4, -0.2) is 79.1 Å². The summed E-state index contributed by atoms with van der Waals surface area (Å²) in [5, 5.41) is 6.38. The molecular weight excluding hydrogens is 470 g/mol. The van der Waals surface area contributed by atoms with E-state index in [1.54, 1.807) is 30.3 Å². The van der Waals surface area contributed by atoms with Crippen LogP contribution in [0.25, 0.3) is 0 Å². The van der Waals surface area contributed by atoms with E-state index < -0.39 is 5.41 Å². The summed E-state index contributed by atoms with van der Waals surface area (Å²) in [6.45, 7) is 12.8. The lowest BCUT2D eigenvalue weighted by atomic mass is 9.91. The number of ether oxygens (including phenoxy) is 1. The van der Waals surface area contributed by atoms with E-state index in [0.717, 1.165) is 19.5 Å². The smallest absolute Gasteiger partial charge is 0.251 e. The van der Waals surface area contributed by atoms with Gasteiger partial charge in [-0.25, -0.2) is 4.98 Å². The molecule has 10 heteroatoms. The average Bonchev–Trinajstić information content (AvgIpc) is 3.24. The highest BCUT2D eigenvalue weighted by atomic mass is 16.5. The monoisotopic (exact) mass is 509 g/mol. The van der Waals surface area contributed by atoms with Crippen molar-refractivity contribution in [1.82, 2.24) is 20.2 Å². The first-order chi connectivity index (χ1) is 17.5. The summed E-state index contributed by atoms with van der Waals surface area (Å²) in [6, 6.07) is 5.62. The number of rotatable bonds is 7. The van der Waals surface area contributed by atoms with E-state index in [2.05, 4.69) is 46.3 Å². The van der Waals surface area contributed by atoms with Gasteiger partial charge in [-0.05, 0) is 72.8 Å². The summed E-state index contributed by atoms with van der Waals surface area (Å²) in [6.07, 6.45) is 2.63. The quantitative estimate of drug-likeness (QED) is 0.586. The van der Waals surface area contributed by atoms with Crippen LogP contribution < -0.4 is 25.2 Å². The van der Waals surface area contributed by atoms with Gasteiger partial charge in [0.05, 0.1) is 23.9 Å². The molecule has 2 N–H and O–H groups in total. The third-order valence-corrected chi connectivity index (χ3v) is 6.97. The first kappa shape index (κ1) is 26.7. The highest BCUT2D eigenvalue weighted by Gasteiger charge is 2.39. The molecule has 2 aromatic rings. The van der Waals surface area contributed by atoms with E-state index >= 15 is 0 Å². The zero-order valence-corrected chi connectivity index (χ0v) is 23.0. The molecule has 1 aromatic heterocycles. The Hall–Kier alpha value is -3.40. The van der Waals surface area contributed by atoms with Crippen molar-refractivity contribution < 1.29 is 14.3 Å². The topological polar surface area (TPSA) is 103 Å². The number of amides is 2. The van der Waals surface area contributed by atoms with Crippen molar-refractivity contribution in [2.45, 2.75) is 53.1 Å². The van der Waals surface area contributed by atoms with Crippen molar-refractivity contribution in [3.8, 4) is 5.75 Å². The molecule has 0 unspecified atom stereocenters. The SMILES string of the molecule is CCOc1cc(C(=O)N[C@@H]2CCN(C)C2)ccc1Nc1ncc2c(n1)N(C(C)C)CC(C)(C)C(=O)N2C. The molecule has 37 heavy (non-hydrogen) atoms. The number of nitrogens with zero attached hydrogens (tertiary/aromatic N) is 5. The lowest BCUT2D eigenvalue weighted by Gasteiger charge is -2.32. The third-order valence-electron chi connectivity index (χ3n) is 6.97. The molecule has 1 atom stereocenters. The maximum absolute atomic E-state index is 13.1. The molecule has 0 spiro atoms. The van der Waals surface area contributed by atoms with Gasteiger partial charge in [-0.1, -0.05) is 0 Å². The Bertz CT molecular complexity index is 1170. The molecule has 1 aromatic carbocycles. The number of nitrogens with one attached hydrogen (secondary N) is 2. The number of likely N-dealkylation sites (tertiary alicyclic amines) is 1. The van der Waals surface area contributed by atoms with Crippen molar-refractivity contribution in [3.63, 3.8) is 0 Å². The van der Waals surface area contributed by atoms with Crippen molar-refractivity contribution in [2.75, 3.05) is 55.5 Å². The molecule has 2 aliphatic heterocycles. The largest absolute Gasteiger partial charge is 0.492 e. The van der Waals surface area contributed by atoms with Crippen molar-refractivity contribution >= 4 is 35.0 Å². The van der Waals surface area contributed by atoms with E-state index in [1.807, 2.05) is 26.8 Å². The van der Waals surface area contributed by atoms with Crippen LogP contribution in [0.4, 0.5) is 23.1 Å². The van der Waals surface area contributed by atoms with Gasteiger partial charge in [-0.15, -0.1) is 0 Å². The molecule has 200 valence electrons. The second kappa shape index (κ2) is 10.5. The highest BCUT2D eigenvalue weighted by molar-refractivity contribution is 6.01. The Morgan fingerprint density at radius 3 is 2.68 bits per heavy atom. The van der Waals surface area contributed by atoms with Crippen LogP contribution in [0.2, 0.25) is 0 Å². The maximum atomic E-state index is 13.1. The number of carbonyl (C=O) groups excluding carboxylic acids is 2. The van der Waals surface area contributed by atoms with Gasteiger partial charge in [0.1, 0.15) is 11.4 Å². The van der Waals surface area contributed by atoms with E-state index in [9.17, 15) is 9.59 Å². The van der Waals surface area contributed by atoms with Crippen molar-refractivity contribution in [1.29, 1.82) is 0 Å². The number of fused-ring (bicyclic) bond motifs is 1. The first-order valence-electron chi connectivity index (χ1n) is 12.9. The van der Waals surface area contributed by atoms with E-state index in [4.69, 9.17) is 9.72 Å². The Kier molecular flexibility index (Phi) is 7.59. The Morgan fingerprint density at radius 2 is 2.03 bits per heavy atom. The predicted octanol–water partition coefficient (Wildman–Crippen LogP) is 3.27. The predicted molar refractivity (Wildman–Crippen MR) is 146 cm³/mol. The standard InChI is InChI=1S/C27H39N7O3/c1-8-37-22-13-18(24(35)29-19-11-12-32(6)15-19)9-10-20(22)30-26-28-14-21-23(31-26)34(17(2)3)16-27(4,5)25(36)33(21)7/h9-10,13-14,17,19H,8,11-12,15-16H2,1-7H3,(H,29,35)(H,28,30,31)/t19-/m1/s1. The van der Waals surface area contributed by atoms with Crippen LogP contribution in [0.1, 0.15) is 51.4 Å². The molecule has 2 aliphatic rings. The molecule has 0 aliphatic carbocycles. The molecular formula is C27H39N7O3. The zero-order valence-electron chi connectivity index (χ0n) is 23.0. The van der Waals surface area contributed by atoms with Crippen LogP contribution in [0.15, 0.2) is 24.4 Å². The first-order valence-corrected chi connectivity index (χ1v) is 12.9. The summed E-state index contributed by atoms with van der Waals surface area (Å²) in [4.78, 5) is 41.3. The van der Waals surface area contributed by atoms with Gasteiger partial charge in [-0.2, -0.15) is 4.98 Å². The summed E-state index contributed by atoms with van der Waals surface area (Å²) in [5.74, 6) is 1.54. The normalized spacial score (nSPS) is 19.6. The number of benzene rings is 1. The van der Waals surface area contributed by atoms with Crippen LogP contribution in [0.5, 0.6) is 5.75 Å². The molecule has 0 bridgehead atoms. The molecule has 4 rings (SSSR count). The fourth-order valence-electron chi connectivity index (χ4n) is 4.92. The second-order valence-corrected chi connectivity index (χ2v) is 10.9. The van der Waals surface area contributed by atoms with Gasteiger partial charge in [0, 0.05) is 37.8 Å². The zero-order chi connectivity index (χ0) is 26.9. The van der Waals surface area contributed by atoms with Gasteiger partial charge in [-0.3, -0.25) is 9.59 Å². The lowest BCUT2D eigenvalue weighted by molar-refractivity contribution is -0.125. The molecule has 3 heterocycles. The number of carbonyl (C=O) groups is 2. The fourth-order valence-corrected chi connectivity index (χ4v) is 4.92. The molecule has 0 radical (unpaired) electrons. The third kappa shape index (κ3) is 5.64. The molecule has 1 fully saturated rings. The number of aromatic nitrogens is 2. The minimum absolute atomic E-state index is 0.0259. The number of hydrogen-bond acceptors (Lipinski definition) is 8. The number of anilines is 4. The average molecular weight is 510 g/mol. The van der Waals surface area contributed by atoms with E-state index in [0.29, 0.717) is 47.6 Å². The molecule has 0 saturated carbocycles. The number of hydrogen-bond donors (Lipinski definition) is 2. The lowest BCUT2D eigenvalue weighted by Crippen LogP contribution is -2.44. The summed E-state index contributed by atoms with van der Waals surface area (Å²) in [7, 11) is 3.82. The fraction of sp³-hybridized carbons (Fsp3) is 0.556. The van der Waals surface area contributed by atoms with Crippen LogP contribution in [0, 0.1) is 5.41 Å². The van der Waals surface area contributed by atoms with Gasteiger partial charge in [0.2, 0.25) is 11.9 Å². The van der Waals surface area contributed by atoms with Gasteiger partial charge < -0.3 is 30.1 Å². The maximum Gasteiger partial charge on any atom is 0.251 e. The van der Waals surface area contributed by atoms with Gasteiger partial charge >= 0.3 is 0 Å². The van der Waals surface area contributed by atoms with Crippen molar-refractivity contribution in [2.24, 2.45) is 5.41 Å². The summed E-state index contributed by atoms with van der Waals surface area (Å²) >= 11 is 0. The number of likely N-dealkylation sites (N-methyl/N-ethyl adjacent to an activating group) is 1. The summed E-state index contributed by atoms with van der Waals surface area (Å²) < 4.78 is 5.87. The molecule has 1 saturated heterocycles. The van der Waals surface area contributed by atoms with Crippen LogP contribution in [0.3, 0.4) is 0 Å². The highest BCUT2D eigenvalue weighted by Crippen LogP contribution is 2.38. The van der Waals surface area contributed by atoms with Crippen LogP contribution >= 0.6 is 0 Å². The Morgan fingerprint density at radius 1 is 1.27 bits per heavy atom. The Balaban J connectivity index is 1.61. The van der Waals surface area contributed by atoms with E-state index in [-0.39, 0.29) is 23.9 Å². The second-order valence-electron chi connectivity index (χ2n) is 10.9. The Labute approximate surface area is 219 Å². The molecule has 2 amide bonds. The molecule has 10 nitrogen and oxygen atoms in total. The van der Waals surface area contributed by atoms with Gasteiger partial charge in [0.25, 0.3) is 5.91 Å². The van der Waals surface area contributed by atoms with Crippen molar-refractivity contribution in [3.05, 3.63) is 30.0 Å². The minimum Gasteiger partial charge on any atom is -0.492 e. The van der Waals surface area contributed by atoms with Gasteiger partial charge in [0.15, 0.2) is 5.82 Å². The van der Waals surface area contributed by atoms with Crippen LogP contribution in [-0.2, 0) is 4.79 Å². The summed E-state index contributed by atoms with van der Waals surface area (Å²) in [5.41, 5.74) is 1.30.